The Bertz CT molecular complexity index is 570. The number of halogens is 1. The van der Waals surface area contributed by atoms with E-state index in [4.69, 9.17) is 0 Å². The predicted octanol–water partition coefficient (Wildman–Crippen LogP) is 3.24. The van der Waals surface area contributed by atoms with Crippen LogP contribution < -0.4 is 5.32 Å². The maximum absolute atomic E-state index is 12.4. The Balaban J connectivity index is 0.00000176. The number of carboxylic acids is 1. The molecule has 1 saturated heterocycles. The number of nitrogens with one attached hydrogen (secondary N) is 1. The van der Waals surface area contributed by atoms with Gasteiger partial charge in [-0.2, -0.15) is 0 Å². The zero-order chi connectivity index (χ0) is 14.7. The van der Waals surface area contributed by atoms with Crippen molar-refractivity contribution >= 4 is 23.0 Å². The van der Waals surface area contributed by atoms with Crippen LogP contribution in [0.5, 0.6) is 0 Å². The van der Waals surface area contributed by atoms with Gasteiger partial charge in [0, 0.05) is 0 Å². The Morgan fingerprint density at radius 2 is 1.50 bits per heavy atom. The van der Waals surface area contributed by atoms with Gasteiger partial charge >= 0.3 is 5.97 Å². The fourth-order valence-electron chi connectivity index (χ4n) is 3.49. The molecule has 0 saturated carbocycles. The van der Waals surface area contributed by atoms with Gasteiger partial charge in [0.05, 0.1) is 0 Å². The minimum atomic E-state index is -0.980. The summed E-state index contributed by atoms with van der Waals surface area (Å²) in [7, 11) is 0. The van der Waals surface area contributed by atoms with Crippen molar-refractivity contribution in [2.24, 2.45) is 5.92 Å². The average Bonchev–Trinajstić information content (AvgIpc) is 3.04. The zero-order valence-electron chi connectivity index (χ0n) is 12.2. The maximum atomic E-state index is 12.4. The normalized spacial score (nSPS) is 17.7. The Morgan fingerprint density at radius 3 is 1.86 bits per heavy atom. The van der Waals surface area contributed by atoms with Crippen LogP contribution in [-0.2, 0) is 10.2 Å². The molecule has 1 atom stereocenters. The monoisotopic (exact) mass is 361 g/mol. The molecule has 2 aromatic rings. The van der Waals surface area contributed by atoms with E-state index in [1.165, 1.54) is 0 Å². The van der Waals surface area contributed by atoms with Gasteiger partial charge in [0.15, 0.2) is 0 Å². The minimum absolute atomic E-state index is 0. The summed E-state index contributed by atoms with van der Waals surface area (Å²) in [5.41, 5.74) is 0.737. The minimum Gasteiger partial charge on any atom is -0.480 e. The largest absolute Gasteiger partial charge is 0.480 e. The molecule has 0 radical (unpaired) electrons. The lowest BCUT2D eigenvalue weighted by Gasteiger charge is -2.36. The van der Waals surface area contributed by atoms with Gasteiger partial charge in [-0.1, -0.05) is 60.7 Å². The lowest BCUT2D eigenvalue weighted by molar-refractivity contribution is -0.144. The van der Waals surface area contributed by atoms with Crippen molar-refractivity contribution in [2.75, 3.05) is 13.1 Å². The molecule has 116 valence electrons. The van der Waals surface area contributed by atoms with Crippen molar-refractivity contribution in [2.45, 2.75) is 11.8 Å². The number of hydrogen-bond acceptors (Lipinski definition) is 2. The first-order valence-electron chi connectivity index (χ1n) is 7.31. The van der Waals surface area contributed by atoms with Crippen molar-refractivity contribution in [1.82, 2.24) is 5.32 Å². The van der Waals surface area contributed by atoms with E-state index in [-0.39, 0.29) is 22.9 Å². The SMILES string of the molecule is Br.O=C(O)C(c1ccccc1)(c1ccccc1)C1CCNC1. The molecular formula is C18H20BrNO2. The number of rotatable bonds is 4. The first-order chi connectivity index (χ1) is 10.3. The molecule has 2 aromatic carbocycles. The molecule has 3 rings (SSSR count). The highest BCUT2D eigenvalue weighted by Crippen LogP contribution is 2.42. The number of hydrogen-bond donors (Lipinski definition) is 2. The van der Waals surface area contributed by atoms with E-state index in [1.54, 1.807) is 0 Å². The lowest BCUT2D eigenvalue weighted by atomic mass is 9.65. The van der Waals surface area contributed by atoms with Gasteiger partial charge in [0.1, 0.15) is 5.41 Å². The van der Waals surface area contributed by atoms with Crippen LogP contribution in [0, 0.1) is 5.92 Å². The zero-order valence-corrected chi connectivity index (χ0v) is 13.9. The Kier molecular flexibility index (Phi) is 5.37. The van der Waals surface area contributed by atoms with Crippen LogP contribution in [0.25, 0.3) is 0 Å². The molecule has 0 aromatic heterocycles. The van der Waals surface area contributed by atoms with Gasteiger partial charge in [-0.05, 0) is 36.6 Å². The number of carboxylic acid groups (broad SMARTS) is 1. The molecule has 1 fully saturated rings. The molecule has 4 heteroatoms. The fourth-order valence-corrected chi connectivity index (χ4v) is 3.49. The smallest absolute Gasteiger partial charge is 0.318 e. The highest BCUT2D eigenvalue weighted by molar-refractivity contribution is 8.93. The van der Waals surface area contributed by atoms with E-state index in [0.29, 0.717) is 0 Å². The first kappa shape index (κ1) is 16.7. The van der Waals surface area contributed by atoms with Crippen LogP contribution in [0.1, 0.15) is 17.5 Å². The predicted molar refractivity (Wildman–Crippen MR) is 92.6 cm³/mol. The second kappa shape index (κ2) is 7.07. The highest BCUT2D eigenvalue weighted by Gasteiger charge is 2.49. The number of aliphatic carboxylic acids is 1. The van der Waals surface area contributed by atoms with E-state index >= 15 is 0 Å². The third-order valence-corrected chi connectivity index (χ3v) is 4.47. The van der Waals surface area contributed by atoms with Crippen LogP contribution in [0.15, 0.2) is 60.7 Å². The molecule has 0 aliphatic carbocycles. The molecule has 1 aliphatic heterocycles. The summed E-state index contributed by atoms with van der Waals surface area (Å²) in [6.45, 7) is 1.61. The molecule has 2 N–H and O–H groups in total. The Morgan fingerprint density at radius 1 is 1.00 bits per heavy atom. The van der Waals surface area contributed by atoms with Crippen LogP contribution in [-0.4, -0.2) is 24.2 Å². The van der Waals surface area contributed by atoms with E-state index in [1.807, 2.05) is 60.7 Å². The van der Waals surface area contributed by atoms with E-state index in [2.05, 4.69) is 5.32 Å². The van der Waals surface area contributed by atoms with Gasteiger partial charge in [-0.15, -0.1) is 17.0 Å². The second-order valence-corrected chi connectivity index (χ2v) is 5.53. The molecule has 1 unspecified atom stereocenters. The van der Waals surface area contributed by atoms with Crippen LogP contribution in [0.2, 0.25) is 0 Å². The maximum Gasteiger partial charge on any atom is 0.318 e. The fraction of sp³-hybridized carbons (Fsp3) is 0.278. The Hall–Kier alpha value is -1.65. The third-order valence-electron chi connectivity index (χ3n) is 4.47. The number of carbonyl (C=O) groups is 1. The van der Waals surface area contributed by atoms with Gasteiger partial charge in [0.25, 0.3) is 0 Å². The third kappa shape index (κ3) is 2.69. The molecule has 0 amide bonds. The molecule has 3 nitrogen and oxygen atoms in total. The molecular weight excluding hydrogens is 342 g/mol. The summed E-state index contributed by atoms with van der Waals surface area (Å²) in [5.74, 6) is -0.714. The van der Waals surface area contributed by atoms with Crippen LogP contribution >= 0.6 is 17.0 Å². The van der Waals surface area contributed by atoms with Crippen molar-refractivity contribution in [3.05, 3.63) is 71.8 Å². The van der Waals surface area contributed by atoms with Crippen molar-refractivity contribution in [3.8, 4) is 0 Å². The first-order valence-corrected chi connectivity index (χ1v) is 7.31. The van der Waals surface area contributed by atoms with Crippen molar-refractivity contribution in [3.63, 3.8) is 0 Å². The van der Waals surface area contributed by atoms with Crippen LogP contribution in [0.3, 0.4) is 0 Å². The van der Waals surface area contributed by atoms with Crippen molar-refractivity contribution < 1.29 is 9.90 Å². The molecule has 1 aliphatic rings. The quantitative estimate of drug-likeness (QED) is 0.878. The van der Waals surface area contributed by atoms with E-state index < -0.39 is 11.4 Å². The summed E-state index contributed by atoms with van der Waals surface area (Å²) in [6, 6.07) is 19.2. The lowest BCUT2D eigenvalue weighted by Crippen LogP contribution is -2.45. The highest BCUT2D eigenvalue weighted by atomic mass is 79.9. The Labute approximate surface area is 141 Å². The topological polar surface area (TPSA) is 49.3 Å². The molecule has 1 heterocycles. The summed E-state index contributed by atoms with van der Waals surface area (Å²) < 4.78 is 0. The number of benzene rings is 2. The van der Waals surface area contributed by atoms with Gasteiger partial charge in [-0.25, -0.2) is 0 Å². The van der Waals surface area contributed by atoms with Crippen molar-refractivity contribution in [1.29, 1.82) is 0 Å². The summed E-state index contributed by atoms with van der Waals surface area (Å²) in [6.07, 6.45) is 0.871. The van der Waals surface area contributed by atoms with Gasteiger partial charge in [0.2, 0.25) is 0 Å². The summed E-state index contributed by atoms with van der Waals surface area (Å²) in [4.78, 5) is 12.4. The van der Waals surface area contributed by atoms with Crippen LogP contribution in [0.4, 0.5) is 0 Å². The van der Waals surface area contributed by atoms with Gasteiger partial charge < -0.3 is 10.4 Å². The second-order valence-electron chi connectivity index (χ2n) is 5.53. The molecule has 0 spiro atoms. The van der Waals surface area contributed by atoms with E-state index in [9.17, 15) is 9.90 Å². The van der Waals surface area contributed by atoms with Gasteiger partial charge in [-0.3, -0.25) is 4.79 Å². The summed E-state index contributed by atoms with van der Waals surface area (Å²) >= 11 is 0. The molecule has 22 heavy (non-hydrogen) atoms. The summed E-state index contributed by atoms with van der Waals surface area (Å²) in [5, 5.41) is 13.5. The standard InChI is InChI=1S/C18H19NO2.BrH/c20-17(21)18(16-11-12-19-13-16,14-7-3-1-4-8-14)15-9-5-2-6-10-15;/h1-10,16,19H,11-13H2,(H,20,21);1H. The molecule has 0 bridgehead atoms. The van der Waals surface area contributed by atoms with E-state index in [0.717, 1.165) is 30.6 Å². The average molecular weight is 362 g/mol.